The maximum absolute atomic E-state index is 12.4. The summed E-state index contributed by atoms with van der Waals surface area (Å²) in [5, 5.41) is 3.03. The zero-order valence-corrected chi connectivity index (χ0v) is 12.5. The summed E-state index contributed by atoms with van der Waals surface area (Å²) < 4.78 is 5.27. The predicted molar refractivity (Wildman–Crippen MR) is 79.4 cm³/mol. The van der Waals surface area contributed by atoms with Crippen molar-refractivity contribution in [2.45, 2.75) is 45.2 Å². The van der Waals surface area contributed by atoms with Gasteiger partial charge in [0.05, 0.1) is 11.6 Å². The molecule has 20 heavy (non-hydrogen) atoms. The standard InChI is InChI=1S/C16H24N2O2/c1-11-4-5-14(10-12(11)2)13(3)18-15(19)16(17)6-8-20-9-7-16/h4-5,10,13H,6-9,17H2,1-3H3,(H,18,19). The maximum atomic E-state index is 12.4. The second kappa shape index (κ2) is 5.94. The molecule has 1 heterocycles. The van der Waals surface area contributed by atoms with Crippen LogP contribution in [0.2, 0.25) is 0 Å². The van der Waals surface area contributed by atoms with Crippen LogP contribution in [-0.2, 0) is 9.53 Å². The Kier molecular flexibility index (Phi) is 4.45. The van der Waals surface area contributed by atoms with Crippen molar-refractivity contribution in [1.29, 1.82) is 0 Å². The smallest absolute Gasteiger partial charge is 0.240 e. The Hall–Kier alpha value is -1.39. The van der Waals surface area contributed by atoms with E-state index in [2.05, 4.69) is 37.4 Å². The number of nitrogens with one attached hydrogen (secondary N) is 1. The highest BCUT2D eigenvalue weighted by Gasteiger charge is 2.36. The van der Waals surface area contributed by atoms with Gasteiger partial charge in [-0.3, -0.25) is 4.79 Å². The molecule has 1 aliphatic heterocycles. The lowest BCUT2D eigenvalue weighted by Crippen LogP contribution is -2.57. The van der Waals surface area contributed by atoms with Gasteiger partial charge in [-0.15, -0.1) is 0 Å². The molecule has 3 N–H and O–H groups in total. The maximum Gasteiger partial charge on any atom is 0.240 e. The van der Waals surface area contributed by atoms with Crippen LogP contribution in [0.25, 0.3) is 0 Å². The summed E-state index contributed by atoms with van der Waals surface area (Å²) >= 11 is 0. The molecule has 1 fully saturated rings. The first kappa shape index (κ1) is 15.0. The molecule has 1 amide bonds. The van der Waals surface area contributed by atoms with Gasteiger partial charge in [-0.1, -0.05) is 18.2 Å². The lowest BCUT2D eigenvalue weighted by molar-refractivity contribution is -0.130. The molecule has 0 saturated carbocycles. The van der Waals surface area contributed by atoms with E-state index in [1.807, 2.05) is 6.92 Å². The van der Waals surface area contributed by atoms with Gasteiger partial charge in [0.25, 0.3) is 0 Å². The first-order valence-electron chi connectivity index (χ1n) is 7.17. The van der Waals surface area contributed by atoms with E-state index in [0.717, 1.165) is 5.56 Å². The summed E-state index contributed by atoms with van der Waals surface area (Å²) in [6.07, 6.45) is 1.16. The van der Waals surface area contributed by atoms with E-state index in [4.69, 9.17) is 10.5 Å². The van der Waals surface area contributed by atoms with Crippen LogP contribution < -0.4 is 11.1 Å². The number of benzene rings is 1. The molecule has 0 radical (unpaired) electrons. The highest BCUT2D eigenvalue weighted by atomic mass is 16.5. The molecule has 4 heteroatoms. The topological polar surface area (TPSA) is 64.4 Å². The van der Waals surface area contributed by atoms with Crippen molar-refractivity contribution in [3.8, 4) is 0 Å². The van der Waals surface area contributed by atoms with Crippen molar-refractivity contribution in [3.05, 3.63) is 34.9 Å². The van der Waals surface area contributed by atoms with E-state index >= 15 is 0 Å². The molecule has 1 atom stereocenters. The van der Waals surface area contributed by atoms with E-state index in [0.29, 0.717) is 26.1 Å². The van der Waals surface area contributed by atoms with Gasteiger partial charge in [0.2, 0.25) is 5.91 Å². The van der Waals surface area contributed by atoms with Gasteiger partial charge in [0.1, 0.15) is 0 Å². The summed E-state index contributed by atoms with van der Waals surface area (Å²) in [4.78, 5) is 12.4. The van der Waals surface area contributed by atoms with Gasteiger partial charge >= 0.3 is 0 Å². The Bertz CT molecular complexity index is 493. The highest BCUT2D eigenvalue weighted by molar-refractivity contribution is 5.86. The lowest BCUT2D eigenvalue weighted by Gasteiger charge is -2.33. The third-order valence-corrected chi connectivity index (χ3v) is 4.22. The van der Waals surface area contributed by atoms with Crippen LogP contribution in [0.4, 0.5) is 0 Å². The Labute approximate surface area is 120 Å². The van der Waals surface area contributed by atoms with Crippen LogP contribution in [0, 0.1) is 13.8 Å². The molecule has 0 aliphatic carbocycles. The normalized spacial score (nSPS) is 19.4. The predicted octanol–water partition coefficient (Wildman–Crippen LogP) is 1.99. The number of carbonyl (C=O) groups excluding carboxylic acids is 1. The summed E-state index contributed by atoms with van der Waals surface area (Å²) in [6, 6.07) is 6.22. The van der Waals surface area contributed by atoms with Crippen LogP contribution in [0.1, 0.15) is 42.5 Å². The largest absolute Gasteiger partial charge is 0.381 e. The van der Waals surface area contributed by atoms with Crippen molar-refractivity contribution in [1.82, 2.24) is 5.32 Å². The number of ether oxygens (including phenoxy) is 1. The number of amides is 1. The molecule has 1 aromatic rings. The van der Waals surface area contributed by atoms with Crippen LogP contribution in [0.5, 0.6) is 0 Å². The molecule has 1 aliphatic rings. The molecule has 2 rings (SSSR count). The highest BCUT2D eigenvalue weighted by Crippen LogP contribution is 2.21. The van der Waals surface area contributed by atoms with Gasteiger partial charge < -0.3 is 15.8 Å². The third-order valence-electron chi connectivity index (χ3n) is 4.22. The number of carbonyl (C=O) groups is 1. The molecule has 0 spiro atoms. The Morgan fingerprint density at radius 3 is 2.55 bits per heavy atom. The average Bonchev–Trinajstić information content (AvgIpc) is 2.42. The number of rotatable bonds is 3. The fraction of sp³-hybridized carbons (Fsp3) is 0.562. The van der Waals surface area contributed by atoms with E-state index in [1.54, 1.807) is 0 Å². The molecule has 110 valence electrons. The summed E-state index contributed by atoms with van der Waals surface area (Å²) in [5.41, 5.74) is 9.00. The summed E-state index contributed by atoms with van der Waals surface area (Å²) in [7, 11) is 0. The first-order chi connectivity index (χ1) is 9.42. The quantitative estimate of drug-likeness (QED) is 0.887. The minimum Gasteiger partial charge on any atom is -0.381 e. The molecule has 4 nitrogen and oxygen atoms in total. The molecular formula is C16H24N2O2. The van der Waals surface area contributed by atoms with Crippen molar-refractivity contribution in [2.75, 3.05) is 13.2 Å². The monoisotopic (exact) mass is 276 g/mol. The van der Waals surface area contributed by atoms with Crippen molar-refractivity contribution < 1.29 is 9.53 Å². The van der Waals surface area contributed by atoms with E-state index in [-0.39, 0.29) is 11.9 Å². The number of hydrogen-bond acceptors (Lipinski definition) is 3. The Morgan fingerprint density at radius 2 is 1.95 bits per heavy atom. The average molecular weight is 276 g/mol. The van der Waals surface area contributed by atoms with Gasteiger partial charge in [0.15, 0.2) is 0 Å². The zero-order valence-electron chi connectivity index (χ0n) is 12.5. The van der Waals surface area contributed by atoms with Crippen molar-refractivity contribution in [2.24, 2.45) is 5.73 Å². The zero-order chi connectivity index (χ0) is 14.8. The molecule has 1 unspecified atom stereocenters. The van der Waals surface area contributed by atoms with Crippen LogP contribution in [0.15, 0.2) is 18.2 Å². The number of aryl methyl sites for hydroxylation is 2. The second-order valence-electron chi connectivity index (χ2n) is 5.81. The fourth-order valence-corrected chi connectivity index (χ4v) is 2.42. The van der Waals surface area contributed by atoms with Crippen molar-refractivity contribution in [3.63, 3.8) is 0 Å². The summed E-state index contributed by atoms with van der Waals surface area (Å²) in [6.45, 7) is 7.27. The van der Waals surface area contributed by atoms with Crippen LogP contribution in [0.3, 0.4) is 0 Å². The SMILES string of the molecule is Cc1ccc(C(C)NC(=O)C2(N)CCOCC2)cc1C. The summed E-state index contributed by atoms with van der Waals surface area (Å²) in [5.74, 6) is -0.0773. The van der Waals surface area contributed by atoms with E-state index in [1.165, 1.54) is 11.1 Å². The molecule has 1 saturated heterocycles. The van der Waals surface area contributed by atoms with Gasteiger partial charge in [-0.05, 0) is 50.3 Å². The minimum atomic E-state index is -0.785. The van der Waals surface area contributed by atoms with Crippen LogP contribution in [-0.4, -0.2) is 24.7 Å². The second-order valence-corrected chi connectivity index (χ2v) is 5.81. The van der Waals surface area contributed by atoms with E-state index in [9.17, 15) is 4.79 Å². The fourth-order valence-electron chi connectivity index (χ4n) is 2.42. The number of nitrogens with two attached hydrogens (primary N) is 1. The Balaban J connectivity index is 2.04. The molecule has 0 bridgehead atoms. The van der Waals surface area contributed by atoms with Crippen LogP contribution >= 0.6 is 0 Å². The first-order valence-corrected chi connectivity index (χ1v) is 7.17. The van der Waals surface area contributed by atoms with Gasteiger partial charge in [-0.25, -0.2) is 0 Å². The van der Waals surface area contributed by atoms with Crippen molar-refractivity contribution >= 4 is 5.91 Å². The molecule has 1 aromatic carbocycles. The van der Waals surface area contributed by atoms with E-state index < -0.39 is 5.54 Å². The minimum absolute atomic E-state index is 0.0370. The van der Waals surface area contributed by atoms with Gasteiger partial charge in [0, 0.05) is 13.2 Å². The number of hydrogen-bond donors (Lipinski definition) is 2. The van der Waals surface area contributed by atoms with Gasteiger partial charge in [-0.2, -0.15) is 0 Å². The molecule has 0 aromatic heterocycles. The molecular weight excluding hydrogens is 252 g/mol. The lowest BCUT2D eigenvalue weighted by atomic mass is 9.89. The third kappa shape index (κ3) is 3.19. The Morgan fingerprint density at radius 1 is 1.30 bits per heavy atom.